The van der Waals surface area contributed by atoms with E-state index in [0.29, 0.717) is 12.6 Å². The van der Waals surface area contributed by atoms with E-state index in [-0.39, 0.29) is 6.10 Å². The van der Waals surface area contributed by atoms with Crippen LogP contribution >= 0.6 is 0 Å². The molecule has 0 unspecified atom stereocenters. The molecule has 1 aliphatic rings. The van der Waals surface area contributed by atoms with Gasteiger partial charge in [0.25, 0.3) is 0 Å². The molecule has 0 spiro atoms. The highest BCUT2D eigenvalue weighted by molar-refractivity contribution is 4.99. The molecule has 1 aromatic heterocycles. The molecule has 1 fully saturated rings. The van der Waals surface area contributed by atoms with Crippen molar-refractivity contribution in [1.82, 2.24) is 20.0 Å². The summed E-state index contributed by atoms with van der Waals surface area (Å²) in [6.45, 7) is 11.0. The molecule has 5 nitrogen and oxygen atoms in total. The van der Waals surface area contributed by atoms with Crippen molar-refractivity contribution in [3.8, 4) is 0 Å². The summed E-state index contributed by atoms with van der Waals surface area (Å²) in [4.78, 5) is 2.38. The Morgan fingerprint density at radius 2 is 2.10 bits per heavy atom. The van der Waals surface area contributed by atoms with Crippen LogP contribution in [-0.2, 0) is 6.54 Å². The van der Waals surface area contributed by atoms with E-state index >= 15 is 0 Å². The number of piperidine rings is 1. The van der Waals surface area contributed by atoms with Crippen LogP contribution in [0, 0.1) is 12.8 Å². The van der Waals surface area contributed by atoms with Gasteiger partial charge in [-0.05, 0) is 51.3 Å². The third kappa shape index (κ3) is 5.77. The quantitative estimate of drug-likeness (QED) is 0.795. The van der Waals surface area contributed by atoms with Crippen LogP contribution in [0.25, 0.3) is 0 Å². The standard InChI is InChI=1S/C16H30N4O/c1-13-4-6-19(7-5-13)12-16(21)9-17-15(3)11-20-10-14(2)8-18-20/h8,10,13,15-17,21H,4-7,9,11-12H2,1-3H3/t15-,16-/m1/s1. The fourth-order valence-corrected chi connectivity index (χ4v) is 2.86. The van der Waals surface area contributed by atoms with Crippen molar-refractivity contribution in [3.63, 3.8) is 0 Å². The number of aryl methyl sites for hydroxylation is 1. The van der Waals surface area contributed by atoms with Gasteiger partial charge in [0.05, 0.1) is 18.8 Å². The van der Waals surface area contributed by atoms with Gasteiger partial charge in [-0.3, -0.25) is 4.68 Å². The molecule has 1 aliphatic heterocycles. The molecule has 21 heavy (non-hydrogen) atoms. The normalized spacial score (nSPS) is 20.6. The van der Waals surface area contributed by atoms with Gasteiger partial charge >= 0.3 is 0 Å². The topological polar surface area (TPSA) is 53.3 Å². The van der Waals surface area contributed by atoms with E-state index in [9.17, 15) is 5.11 Å². The van der Waals surface area contributed by atoms with E-state index in [4.69, 9.17) is 0 Å². The minimum Gasteiger partial charge on any atom is -0.390 e. The molecule has 0 radical (unpaired) electrons. The van der Waals surface area contributed by atoms with E-state index in [1.54, 1.807) is 0 Å². The highest BCUT2D eigenvalue weighted by Gasteiger charge is 2.18. The smallest absolute Gasteiger partial charge is 0.0791 e. The van der Waals surface area contributed by atoms with E-state index in [1.807, 2.05) is 24.0 Å². The summed E-state index contributed by atoms with van der Waals surface area (Å²) in [6, 6.07) is 0.306. The summed E-state index contributed by atoms with van der Waals surface area (Å²) in [6.07, 6.45) is 6.15. The Hall–Kier alpha value is -0.910. The van der Waals surface area contributed by atoms with Gasteiger partial charge in [0, 0.05) is 25.3 Å². The molecule has 2 N–H and O–H groups in total. The van der Waals surface area contributed by atoms with E-state index < -0.39 is 0 Å². The Morgan fingerprint density at radius 1 is 1.38 bits per heavy atom. The molecule has 0 aliphatic carbocycles. The number of hydrogen-bond donors (Lipinski definition) is 2. The molecule has 1 saturated heterocycles. The summed E-state index contributed by atoms with van der Waals surface area (Å²) in [7, 11) is 0. The molecule has 1 aromatic rings. The predicted molar refractivity (Wildman–Crippen MR) is 85.3 cm³/mol. The van der Waals surface area contributed by atoms with Gasteiger partial charge in [-0.15, -0.1) is 0 Å². The van der Waals surface area contributed by atoms with Crippen molar-refractivity contribution in [2.75, 3.05) is 26.2 Å². The summed E-state index contributed by atoms with van der Waals surface area (Å²) in [5, 5.41) is 17.9. The molecule has 2 rings (SSSR count). The predicted octanol–water partition coefficient (Wildman–Crippen LogP) is 1.26. The zero-order valence-corrected chi connectivity index (χ0v) is 13.6. The average molecular weight is 294 g/mol. The first kappa shape index (κ1) is 16.5. The van der Waals surface area contributed by atoms with Gasteiger partial charge in [0.1, 0.15) is 0 Å². The van der Waals surface area contributed by atoms with Crippen molar-refractivity contribution in [1.29, 1.82) is 0 Å². The number of rotatable bonds is 7. The number of likely N-dealkylation sites (tertiary alicyclic amines) is 1. The second-order valence-electron chi connectivity index (χ2n) is 6.69. The first-order chi connectivity index (χ1) is 10.0. The molecule has 0 amide bonds. The van der Waals surface area contributed by atoms with Crippen LogP contribution in [0.1, 0.15) is 32.3 Å². The SMILES string of the molecule is Cc1cnn(C[C@@H](C)NC[C@@H](O)CN2CCC(C)CC2)c1. The van der Waals surface area contributed by atoms with Crippen LogP contribution in [0.3, 0.4) is 0 Å². The highest BCUT2D eigenvalue weighted by Crippen LogP contribution is 2.15. The van der Waals surface area contributed by atoms with Crippen LogP contribution in [0.15, 0.2) is 12.4 Å². The Kier molecular flexibility index (Phi) is 6.21. The number of aromatic nitrogens is 2. The number of nitrogens with one attached hydrogen (secondary N) is 1. The molecular weight excluding hydrogens is 264 g/mol. The Bertz CT molecular complexity index is 412. The Labute approximate surface area is 128 Å². The summed E-state index contributed by atoms with van der Waals surface area (Å²) in [5.41, 5.74) is 1.18. The van der Waals surface area contributed by atoms with Gasteiger partial charge < -0.3 is 15.3 Å². The van der Waals surface area contributed by atoms with Gasteiger partial charge in [0.15, 0.2) is 0 Å². The van der Waals surface area contributed by atoms with E-state index in [0.717, 1.165) is 32.1 Å². The zero-order chi connectivity index (χ0) is 15.2. The second kappa shape index (κ2) is 7.92. The van der Waals surface area contributed by atoms with Gasteiger partial charge in [-0.2, -0.15) is 5.10 Å². The van der Waals surface area contributed by atoms with Crippen LogP contribution < -0.4 is 5.32 Å². The van der Waals surface area contributed by atoms with E-state index in [2.05, 4.69) is 29.2 Å². The Balaban J connectivity index is 1.62. The fourth-order valence-electron chi connectivity index (χ4n) is 2.86. The lowest BCUT2D eigenvalue weighted by atomic mass is 9.99. The molecule has 2 heterocycles. The number of aliphatic hydroxyl groups is 1. The van der Waals surface area contributed by atoms with Crippen molar-refractivity contribution in [3.05, 3.63) is 18.0 Å². The van der Waals surface area contributed by atoms with Gasteiger partial charge in [-0.1, -0.05) is 6.92 Å². The lowest BCUT2D eigenvalue weighted by Crippen LogP contribution is -2.44. The highest BCUT2D eigenvalue weighted by atomic mass is 16.3. The van der Waals surface area contributed by atoms with Gasteiger partial charge in [-0.25, -0.2) is 0 Å². The monoisotopic (exact) mass is 294 g/mol. The minimum absolute atomic E-state index is 0.291. The summed E-state index contributed by atoms with van der Waals surface area (Å²) >= 11 is 0. The molecular formula is C16H30N4O. The zero-order valence-electron chi connectivity index (χ0n) is 13.6. The van der Waals surface area contributed by atoms with Crippen LogP contribution in [0.4, 0.5) is 0 Å². The number of β-amino-alcohol motifs (C(OH)–C–C–N with tert-alkyl or cyclic N) is 1. The number of aliphatic hydroxyl groups excluding tert-OH is 1. The maximum Gasteiger partial charge on any atom is 0.0791 e. The van der Waals surface area contributed by atoms with Crippen LogP contribution in [-0.4, -0.2) is 58.1 Å². The maximum absolute atomic E-state index is 10.2. The molecule has 0 saturated carbocycles. The fraction of sp³-hybridized carbons (Fsp3) is 0.812. The van der Waals surface area contributed by atoms with Crippen molar-refractivity contribution in [2.45, 2.75) is 52.3 Å². The number of nitrogens with zero attached hydrogens (tertiary/aromatic N) is 3. The second-order valence-corrected chi connectivity index (χ2v) is 6.69. The lowest BCUT2D eigenvalue weighted by molar-refractivity contribution is 0.0887. The maximum atomic E-state index is 10.2. The Morgan fingerprint density at radius 3 is 2.71 bits per heavy atom. The first-order valence-electron chi connectivity index (χ1n) is 8.16. The average Bonchev–Trinajstić information content (AvgIpc) is 2.84. The van der Waals surface area contributed by atoms with Gasteiger partial charge in [0.2, 0.25) is 0 Å². The lowest BCUT2D eigenvalue weighted by Gasteiger charge is -2.32. The number of hydrogen-bond acceptors (Lipinski definition) is 4. The van der Waals surface area contributed by atoms with Crippen LogP contribution in [0.2, 0.25) is 0 Å². The van der Waals surface area contributed by atoms with Crippen molar-refractivity contribution >= 4 is 0 Å². The van der Waals surface area contributed by atoms with Crippen LogP contribution in [0.5, 0.6) is 0 Å². The first-order valence-corrected chi connectivity index (χ1v) is 8.16. The molecule has 120 valence electrons. The molecule has 2 atom stereocenters. The van der Waals surface area contributed by atoms with E-state index in [1.165, 1.54) is 18.4 Å². The molecule has 0 bridgehead atoms. The minimum atomic E-state index is -0.291. The third-order valence-corrected chi connectivity index (χ3v) is 4.27. The summed E-state index contributed by atoms with van der Waals surface area (Å²) < 4.78 is 1.95. The summed E-state index contributed by atoms with van der Waals surface area (Å²) in [5.74, 6) is 0.842. The molecule has 0 aromatic carbocycles. The molecule has 5 heteroatoms. The van der Waals surface area contributed by atoms with Crippen molar-refractivity contribution < 1.29 is 5.11 Å². The third-order valence-electron chi connectivity index (χ3n) is 4.27. The van der Waals surface area contributed by atoms with Crippen molar-refractivity contribution in [2.24, 2.45) is 5.92 Å². The largest absolute Gasteiger partial charge is 0.390 e.